The maximum Gasteiger partial charge on any atom is 0.240 e. The standard InChI is InChI=1S/C17H21N3O2/c1-11(2)16(17(18)22)20-15(21)7-6-12-4-3-5-13-10-19-9-8-14(12)13/h3-5,8-11,16H,6-7H2,1-2H3,(H2,18,22)(H,20,21). The second-order valence-electron chi connectivity index (χ2n) is 5.71. The quantitative estimate of drug-likeness (QED) is 0.852. The van der Waals surface area contributed by atoms with Crippen LogP contribution >= 0.6 is 0 Å². The van der Waals surface area contributed by atoms with Crippen molar-refractivity contribution < 1.29 is 9.59 Å². The number of pyridine rings is 1. The molecule has 0 radical (unpaired) electrons. The van der Waals surface area contributed by atoms with E-state index in [0.29, 0.717) is 12.8 Å². The Balaban J connectivity index is 2.03. The van der Waals surface area contributed by atoms with Gasteiger partial charge in [0.25, 0.3) is 0 Å². The summed E-state index contributed by atoms with van der Waals surface area (Å²) >= 11 is 0. The molecular formula is C17H21N3O2. The van der Waals surface area contributed by atoms with Gasteiger partial charge in [-0.05, 0) is 29.4 Å². The molecule has 1 aromatic heterocycles. The van der Waals surface area contributed by atoms with E-state index in [9.17, 15) is 9.59 Å². The van der Waals surface area contributed by atoms with Crippen LogP contribution in [0, 0.1) is 5.92 Å². The van der Waals surface area contributed by atoms with Gasteiger partial charge in [0.05, 0.1) is 0 Å². The number of benzene rings is 1. The maximum atomic E-state index is 12.0. The summed E-state index contributed by atoms with van der Waals surface area (Å²) in [4.78, 5) is 27.5. The van der Waals surface area contributed by atoms with Crippen molar-refractivity contribution in [1.82, 2.24) is 10.3 Å². The molecule has 0 aliphatic heterocycles. The molecule has 22 heavy (non-hydrogen) atoms. The monoisotopic (exact) mass is 299 g/mol. The minimum Gasteiger partial charge on any atom is -0.368 e. The van der Waals surface area contributed by atoms with E-state index < -0.39 is 11.9 Å². The van der Waals surface area contributed by atoms with Crippen molar-refractivity contribution in [3.8, 4) is 0 Å². The summed E-state index contributed by atoms with van der Waals surface area (Å²) in [7, 11) is 0. The number of carbonyl (C=O) groups is 2. The first kappa shape index (κ1) is 15.9. The second-order valence-corrected chi connectivity index (χ2v) is 5.71. The highest BCUT2D eigenvalue weighted by Crippen LogP contribution is 2.18. The molecule has 5 nitrogen and oxygen atoms in total. The van der Waals surface area contributed by atoms with Gasteiger partial charge in [-0.3, -0.25) is 14.6 Å². The van der Waals surface area contributed by atoms with Crippen LogP contribution in [0.25, 0.3) is 10.8 Å². The van der Waals surface area contributed by atoms with Gasteiger partial charge in [0.1, 0.15) is 6.04 Å². The number of aromatic nitrogens is 1. The molecule has 5 heteroatoms. The van der Waals surface area contributed by atoms with E-state index >= 15 is 0 Å². The van der Waals surface area contributed by atoms with Crippen molar-refractivity contribution in [3.05, 3.63) is 42.2 Å². The summed E-state index contributed by atoms with van der Waals surface area (Å²) in [5, 5.41) is 4.86. The van der Waals surface area contributed by atoms with Crippen LogP contribution < -0.4 is 11.1 Å². The molecule has 1 aromatic carbocycles. The summed E-state index contributed by atoms with van der Waals surface area (Å²) in [6.07, 6.45) is 4.48. The number of hydrogen-bond donors (Lipinski definition) is 2. The van der Waals surface area contributed by atoms with Gasteiger partial charge < -0.3 is 11.1 Å². The molecule has 116 valence electrons. The molecule has 1 heterocycles. The molecule has 0 saturated heterocycles. The highest BCUT2D eigenvalue weighted by atomic mass is 16.2. The van der Waals surface area contributed by atoms with Gasteiger partial charge in [-0.1, -0.05) is 32.0 Å². The Morgan fingerprint density at radius 1 is 1.27 bits per heavy atom. The molecular weight excluding hydrogens is 278 g/mol. The van der Waals surface area contributed by atoms with Gasteiger partial charge in [0.15, 0.2) is 0 Å². The Kier molecular flexibility index (Phi) is 5.09. The normalized spacial score (nSPS) is 12.3. The first-order valence-corrected chi connectivity index (χ1v) is 7.39. The average molecular weight is 299 g/mol. The Labute approximate surface area is 129 Å². The third-order valence-electron chi connectivity index (χ3n) is 3.68. The molecule has 0 spiro atoms. The highest BCUT2D eigenvalue weighted by Gasteiger charge is 2.21. The van der Waals surface area contributed by atoms with Gasteiger partial charge in [-0.2, -0.15) is 0 Å². The SMILES string of the molecule is CC(C)C(NC(=O)CCc1cccc2cnccc12)C(N)=O. The van der Waals surface area contributed by atoms with Crippen LogP contribution in [0.1, 0.15) is 25.8 Å². The van der Waals surface area contributed by atoms with Crippen LogP contribution in [-0.4, -0.2) is 22.8 Å². The number of nitrogens with two attached hydrogens (primary N) is 1. The lowest BCUT2D eigenvalue weighted by molar-refractivity contribution is -0.128. The van der Waals surface area contributed by atoms with Gasteiger partial charge in [0, 0.05) is 24.2 Å². The van der Waals surface area contributed by atoms with Crippen molar-refractivity contribution in [2.45, 2.75) is 32.7 Å². The minimum absolute atomic E-state index is 0.0231. The van der Waals surface area contributed by atoms with Crippen molar-refractivity contribution in [2.75, 3.05) is 0 Å². The fourth-order valence-electron chi connectivity index (χ4n) is 2.47. The zero-order chi connectivity index (χ0) is 16.1. The lowest BCUT2D eigenvalue weighted by Gasteiger charge is -2.19. The second kappa shape index (κ2) is 7.02. The Morgan fingerprint density at radius 3 is 2.73 bits per heavy atom. The zero-order valence-electron chi connectivity index (χ0n) is 12.9. The third-order valence-corrected chi connectivity index (χ3v) is 3.68. The van der Waals surface area contributed by atoms with E-state index in [1.807, 2.05) is 38.1 Å². The lowest BCUT2D eigenvalue weighted by atomic mass is 10.0. The molecule has 0 aliphatic rings. The van der Waals surface area contributed by atoms with E-state index in [1.54, 1.807) is 12.4 Å². The van der Waals surface area contributed by atoms with Crippen LogP contribution in [0.3, 0.4) is 0 Å². The largest absolute Gasteiger partial charge is 0.368 e. The maximum absolute atomic E-state index is 12.0. The smallest absolute Gasteiger partial charge is 0.240 e. The fraction of sp³-hybridized carbons (Fsp3) is 0.353. The molecule has 0 fully saturated rings. The number of fused-ring (bicyclic) bond motifs is 1. The number of primary amides is 1. The topological polar surface area (TPSA) is 85.1 Å². The van der Waals surface area contributed by atoms with E-state index in [2.05, 4.69) is 10.3 Å². The average Bonchev–Trinajstić information content (AvgIpc) is 2.49. The van der Waals surface area contributed by atoms with Gasteiger partial charge in [-0.25, -0.2) is 0 Å². The van der Waals surface area contributed by atoms with Gasteiger partial charge in [-0.15, -0.1) is 0 Å². The predicted octanol–water partition coefficient (Wildman–Crippen LogP) is 1.79. The van der Waals surface area contributed by atoms with E-state index in [1.165, 1.54) is 0 Å². The number of aryl methyl sites for hydroxylation is 1. The van der Waals surface area contributed by atoms with Crippen molar-refractivity contribution >= 4 is 22.6 Å². The number of rotatable bonds is 6. The number of nitrogens with one attached hydrogen (secondary N) is 1. The molecule has 2 aromatic rings. The molecule has 2 rings (SSSR count). The van der Waals surface area contributed by atoms with E-state index in [4.69, 9.17) is 5.73 Å². The Morgan fingerprint density at radius 2 is 2.05 bits per heavy atom. The Bertz CT molecular complexity index is 677. The molecule has 3 N–H and O–H groups in total. The molecule has 2 amide bonds. The summed E-state index contributed by atoms with van der Waals surface area (Å²) in [5.41, 5.74) is 6.40. The van der Waals surface area contributed by atoms with Crippen molar-refractivity contribution in [2.24, 2.45) is 11.7 Å². The zero-order valence-corrected chi connectivity index (χ0v) is 12.9. The van der Waals surface area contributed by atoms with Gasteiger partial charge in [0.2, 0.25) is 11.8 Å². The summed E-state index contributed by atoms with van der Waals surface area (Å²) in [6.45, 7) is 3.71. The van der Waals surface area contributed by atoms with Crippen LogP contribution in [0.15, 0.2) is 36.7 Å². The predicted molar refractivity (Wildman–Crippen MR) is 86.0 cm³/mol. The van der Waals surface area contributed by atoms with E-state index in [0.717, 1.165) is 16.3 Å². The summed E-state index contributed by atoms with van der Waals surface area (Å²) < 4.78 is 0. The molecule has 0 aliphatic carbocycles. The number of nitrogens with zero attached hydrogens (tertiary/aromatic N) is 1. The lowest BCUT2D eigenvalue weighted by Crippen LogP contribution is -2.47. The molecule has 1 atom stereocenters. The van der Waals surface area contributed by atoms with Crippen molar-refractivity contribution in [1.29, 1.82) is 0 Å². The first-order valence-electron chi connectivity index (χ1n) is 7.39. The number of amides is 2. The minimum atomic E-state index is -0.621. The van der Waals surface area contributed by atoms with Crippen molar-refractivity contribution in [3.63, 3.8) is 0 Å². The van der Waals surface area contributed by atoms with Crippen LogP contribution in [0.4, 0.5) is 0 Å². The molecule has 0 bridgehead atoms. The van der Waals surface area contributed by atoms with Gasteiger partial charge >= 0.3 is 0 Å². The highest BCUT2D eigenvalue weighted by molar-refractivity contribution is 5.88. The summed E-state index contributed by atoms with van der Waals surface area (Å²) in [6, 6.07) is 7.28. The molecule has 0 saturated carbocycles. The van der Waals surface area contributed by atoms with E-state index in [-0.39, 0.29) is 11.8 Å². The Hall–Kier alpha value is -2.43. The third kappa shape index (κ3) is 3.81. The molecule has 1 unspecified atom stereocenters. The number of carbonyl (C=O) groups excluding carboxylic acids is 2. The van der Waals surface area contributed by atoms with Crippen LogP contribution in [0.2, 0.25) is 0 Å². The fourth-order valence-corrected chi connectivity index (χ4v) is 2.47. The van der Waals surface area contributed by atoms with Crippen LogP contribution in [-0.2, 0) is 16.0 Å². The number of hydrogen-bond acceptors (Lipinski definition) is 3. The van der Waals surface area contributed by atoms with Crippen LogP contribution in [0.5, 0.6) is 0 Å². The first-order chi connectivity index (χ1) is 10.5. The summed E-state index contributed by atoms with van der Waals surface area (Å²) in [5.74, 6) is -0.687.